The molecule has 1 unspecified atom stereocenters. The van der Waals surface area contributed by atoms with Crippen LogP contribution in [-0.2, 0) is 0 Å². The summed E-state index contributed by atoms with van der Waals surface area (Å²) >= 11 is 3.22. The highest BCUT2D eigenvalue weighted by Gasteiger charge is 2.30. The van der Waals surface area contributed by atoms with E-state index in [0.29, 0.717) is 10.0 Å². The zero-order valence-corrected chi connectivity index (χ0v) is 10.0. The molecule has 0 aromatic heterocycles. The van der Waals surface area contributed by atoms with Gasteiger partial charge in [-0.15, -0.1) is 0 Å². The number of hydrogen-bond acceptors (Lipinski definition) is 2. The maximum Gasteiger partial charge on any atom is 0.123 e. The molecule has 0 saturated heterocycles. The first kappa shape index (κ1) is 12.2. The average Bonchev–Trinajstić information content (AvgIpc) is 2.20. The van der Waals surface area contributed by atoms with Crippen LogP contribution in [-0.4, -0.2) is 5.11 Å². The van der Waals surface area contributed by atoms with Gasteiger partial charge < -0.3 is 5.11 Å². The molecule has 15 heavy (non-hydrogen) atoms. The molecule has 0 aliphatic carbocycles. The van der Waals surface area contributed by atoms with Crippen LogP contribution in [0.25, 0.3) is 0 Å². The lowest BCUT2D eigenvalue weighted by atomic mass is 9.84. The van der Waals surface area contributed by atoms with Gasteiger partial charge in [0.2, 0.25) is 0 Å². The van der Waals surface area contributed by atoms with Crippen LogP contribution in [0, 0.1) is 22.6 Å². The summed E-state index contributed by atoms with van der Waals surface area (Å²) in [6.07, 6.45) is -1.02. The summed E-state index contributed by atoms with van der Waals surface area (Å²) in [7, 11) is 0. The molecule has 0 bridgehead atoms. The van der Waals surface area contributed by atoms with Crippen LogP contribution >= 0.6 is 15.9 Å². The van der Waals surface area contributed by atoms with E-state index in [1.807, 2.05) is 6.07 Å². The maximum absolute atomic E-state index is 13.0. The van der Waals surface area contributed by atoms with E-state index in [2.05, 4.69) is 15.9 Å². The van der Waals surface area contributed by atoms with E-state index in [4.69, 9.17) is 5.26 Å². The summed E-state index contributed by atoms with van der Waals surface area (Å²) in [6, 6.07) is 6.03. The van der Waals surface area contributed by atoms with Gasteiger partial charge in [0.15, 0.2) is 0 Å². The summed E-state index contributed by atoms with van der Waals surface area (Å²) < 4.78 is 13.6. The monoisotopic (exact) mass is 271 g/mol. The molecule has 0 spiro atoms. The molecule has 1 aromatic carbocycles. The minimum Gasteiger partial charge on any atom is -0.387 e. The molecular weight excluding hydrogens is 261 g/mol. The molecule has 1 N–H and O–H groups in total. The fraction of sp³-hybridized carbons (Fsp3) is 0.364. The van der Waals surface area contributed by atoms with Crippen molar-refractivity contribution in [1.82, 2.24) is 0 Å². The van der Waals surface area contributed by atoms with Gasteiger partial charge in [-0.2, -0.15) is 5.26 Å². The first-order valence-electron chi connectivity index (χ1n) is 4.43. The molecule has 0 aliphatic heterocycles. The van der Waals surface area contributed by atoms with Crippen molar-refractivity contribution in [3.8, 4) is 6.07 Å². The van der Waals surface area contributed by atoms with Crippen LogP contribution in [0.15, 0.2) is 22.7 Å². The Bertz CT molecular complexity index is 412. The first-order chi connectivity index (χ1) is 6.88. The van der Waals surface area contributed by atoms with Crippen molar-refractivity contribution in [3.63, 3.8) is 0 Å². The van der Waals surface area contributed by atoms with Gasteiger partial charge in [0.05, 0.1) is 17.6 Å². The van der Waals surface area contributed by atoms with Crippen molar-refractivity contribution in [3.05, 3.63) is 34.1 Å². The molecule has 0 heterocycles. The van der Waals surface area contributed by atoms with Crippen LogP contribution < -0.4 is 0 Å². The number of halogens is 2. The van der Waals surface area contributed by atoms with Crippen molar-refractivity contribution in [2.75, 3.05) is 0 Å². The molecule has 2 nitrogen and oxygen atoms in total. The lowest BCUT2D eigenvalue weighted by Crippen LogP contribution is -2.20. The third-order valence-electron chi connectivity index (χ3n) is 2.22. The number of nitrogens with zero attached hydrogens (tertiary/aromatic N) is 1. The van der Waals surface area contributed by atoms with Gasteiger partial charge in [0.1, 0.15) is 5.82 Å². The predicted octanol–water partition coefficient (Wildman–Crippen LogP) is 3.17. The van der Waals surface area contributed by atoms with E-state index < -0.39 is 17.3 Å². The summed E-state index contributed by atoms with van der Waals surface area (Å²) in [6.45, 7) is 3.21. The Morgan fingerprint density at radius 2 is 2.13 bits per heavy atom. The second kappa shape index (κ2) is 4.30. The van der Waals surface area contributed by atoms with Gasteiger partial charge >= 0.3 is 0 Å². The summed E-state index contributed by atoms with van der Waals surface area (Å²) in [5.41, 5.74) is -0.558. The molecule has 0 aliphatic rings. The molecule has 0 fully saturated rings. The van der Waals surface area contributed by atoms with Crippen LogP contribution in [0.4, 0.5) is 4.39 Å². The number of rotatable bonds is 2. The molecule has 4 heteroatoms. The van der Waals surface area contributed by atoms with Gasteiger partial charge in [-0.05, 0) is 37.6 Å². The first-order valence-corrected chi connectivity index (χ1v) is 5.22. The zero-order chi connectivity index (χ0) is 11.6. The van der Waals surface area contributed by atoms with Crippen molar-refractivity contribution < 1.29 is 9.50 Å². The van der Waals surface area contributed by atoms with E-state index >= 15 is 0 Å². The van der Waals surface area contributed by atoms with Crippen LogP contribution in [0.1, 0.15) is 25.5 Å². The molecular formula is C11H11BrFNO. The second-order valence-corrected chi connectivity index (χ2v) is 4.76. The SMILES string of the molecule is CC(C)(C#N)C(O)c1cc(F)ccc1Br. The molecule has 1 rings (SSSR count). The maximum atomic E-state index is 13.0. The third kappa shape index (κ3) is 2.55. The van der Waals surface area contributed by atoms with Gasteiger partial charge in [-0.25, -0.2) is 4.39 Å². The van der Waals surface area contributed by atoms with Crippen LogP contribution in [0.3, 0.4) is 0 Å². The van der Waals surface area contributed by atoms with Gasteiger partial charge in [-0.3, -0.25) is 0 Å². The quantitative estimate of drug-likeness (QED) is 0.898. The van der Waals surface area contributed by atoms with Gasteiger partial charge in [0, 0.05) is 4.47 Å². The van der Waals surface area contributed by atoms with E-state index in [1.165, 1.54) is 18.2 Å². The number of benzene rings is 1. The lowest BCUT2D eigenvalue weighted by Gasteiger charge is -2.24. The molecule has 1 atom stereocenters. The number of aliphatic hydroxyl groups excluding tert-OH is 1. The fourth-order valence-electron chi connectivity index (χ4n) is 1.17. The van der Waals surface area contributed by atoms with Crippen molar-refractivity contribution >= 4 is 15.9 Å². The van der Waals surface area contributed by atoms with Gasteiger partial charge in [0.25, 0.3) is 0 Å². The fourth-order valence-corrected chi connectivity index (χ4v) is 1.64. The lowest BCUT2D eigenvalue weighted by molar-refractivity contribution is 0.0858. The summed E-state index contributed by atoms with van der Waals surface area (Å²) in [5, 5.41) is 18.8. The summed E-state index contributed by atoms with van der Waals surface area (Å²) in [4.78, 5) is 0. The Balaban J connectivity index is 3.17. The second-order valence-electron chi connectivity index (χ2n) is 3.90. The molecule has 0 radical (unpaired) electrons. The minimum atomic E-state index is -1.02. The normalized spacial score (nSPS) is 13.3. The Labute approximate surface area is 96.5 Å². The molecule has 1 aromatic rings. The van der Waals surface area contributed by atoms with Crippen molar-refractivity contribution in [1.29, 1.82) is 5.26 Å². The van der Waals surface area contributed by atoms with E-state index in [9.17, 15) is 9.50 Å². The van der Waals surface area contributed by atoms with Crippen LogP contribution in [0.5, 0.6) is 0 Å². The highest BCUT2D eigenvalue weighted by atomic mass is 79.9. The summed E-state index contributed by atoms with van der Waals surface area (Å²) in [5.74, 6) is -0.430. The van der Waals surface area contributed by atoms with Crippen molar-refractivity contribution in [2.45, 2.75) is 20.0 Å². The number of nitriles is 1. The standard InChI is InChI=1S/C11H11BrFNO/c1-11(2,6-14)10(15)8-5-7(13)3-4-9(8)12/h3-5,10,15H,1-2H3. The van der Waals surface area contributed by atoms with Crippen LogP contribution in [0.2, 0.25) is 0 Å². The third-order valence-corrected chi connectivity index (χ3v) is 2.95. The van der Waals surface area contributed by atoms with Crippen molar-refractivity contribution in [2.24, 2.45) is 5.41 Å². The number of hydrogen-bond donors (Lipinski definition) is 1. The topological polar surface area (TPSA) is 44.0 Å². The average molecular weight is 272 g/mol. The Kier molecular flexibility index (Phi) is 3.48. The smallest absolute Gasteiger partial charge is 0.123 e. The predicted molar refractivity (Wildman–Crippen MR) is 58.5 cm³/mol. The van der Waals surface area contributed by atoms with E-state index in [1.54, 1.807) is 13.8 Å². The molecule has 0 amide bonds. The Morgan fingerprint density at radius 1 is 1.53 bits per heavy atom. The Hall–Kier alpha value is -0.920. The van der Waals surface area contributed by atoms with E-state index in [-0.39, 0.29) is 0 Å². The zero-order valence-electron chi connectivity index (χ0n) is 8.46. The van der Waals surface area contributed by atoms with Gasteiger partial charge in [-0.1, -0.05) is 15.9 Å². The minimum absolute atomic E-state index is 0.390. The van der Waals surface area contributed by atoms with E-state index in [0.717, 1.165) is 0 Å². The highest BCUT2D eigenvalue weighted by molar-refractivity contribution is 9.10. The largest absolute Gasteiger partial charge is 0.387 e. The number of aliphatic hydroxyl groups is 1. The highest BCUT2D eigenvalue weighted by Crippen LogP contribution is 2.36. The molecule has 80 valence electrons. The molecule has 0 saturated carbocycles. The Morgan fingerprint density at radius 3 is 2.67 bits per heavy atom.